The number of hydrogen-bond donors (Lipinski definition) is 8. The molecule has 0 unspecified atom stereocenters. The molecule has 13 heteroatoms. The Labute approximate surface area is 200 Å². The Hall–Kier alpha value is -2.29. The zero-order chi connectivity index (χ0) is 22.6. The van der Waals surface area contributed by atoms with E-state index >= 15 is 0 Å². The minimum atomic E-state index is -1.83. The summed E-state index contributed by atoms with van der Waals surface area (Å²) in [6.07, 6.45) is -8.30. The van der Waals surface area contributed by atoms with Crippen molar-refractivity contribution in [3.8, 4) is 28.7 Å². The van der Waals surface area contributed by atoms with Crippen molar-refractivity contribution in [3.05, 3.63) is 28.4 Å². The fourth-order valence-corrected chi connectivity index (χ4v) is 3.38. The Morgan fingerprint density at radius 2 is 1.50 bits per heavy atom. The molecule has 12 nitrogen and oxygen atoms in total. The number of aromatic hydroxyl groups is 4. The van der Waals surface area contributed by atoms with Crippen LogP contribution < -0.4 is 10.2 Å². The molecular formula is C19H18NaO12. The molecule has 1 fully saturated rings. The van der Waals surface area contributed by atoms with Gasteiger partial charge in [0.1, 0.15) is 41.0 Å². The fraction of sp³-hybridized carbons (Fsp3) is 0.316. The van der Waals surface area contributed by atoms with Crippen molar-refractivity contribution in [2.24, 2.45) is 0 Å². The van der Waals surface area contributed by atoms with E-state index in [-0.39, 0.29) is 46.1 Å². The summed E-state index contributed by atoms with van der Waals surface area (Å²) in [7, 11) is 0. The molecule has 8 N–H and O–H groups in total. The van der Waals surface area contributed by atoms with Crippen LogP contribution in [0.1, 0.15) is 0 Å². The summed E-state index contributed by atoms with van der Waals surface area (Å²) in [6, 6.07) is 2.84. The summed E-state index contributed by atoms with van der Waals surface area (Å²) in [5.74, 6) is -3.48. The molecule has 0 spiro atoms. The minimum Gasteiger partial charge on any atom is -0.504 e. The third-order valence-electron chi connectivity index (χ3n) is 5.05. The monoisotopic (exact) mass is 461 g/mol. The van der Waals surface area contributed by atoms with Crippen LogP contribution in [0.3, 0.4) is 0 Å². The molecule has 1 saturated heterocycles. The zero-order valence-electron chi connectivity index (χ0n) is 16.5. The van der Waals surface area contributed by atoms with Gasteiger partial charge in [-0.05, 0) is 6.07 Å². The SMILES string of the molecule is O=c1c2cc(O)c(O)cc2oc2cc(O)c(O[C@@H]3O[C@H](CO)[C@@H](O)[C@H](O)[C@H]3O)c(O)c12.[Na]. The van der Waals surface area contributed by atoms with E-state index in [1.54, 1.807) is 0 Å². The van der Waals surface area contributed by atoms with Gasteiger partial charge in [-0.1, -0.05) is 0 Å². The molecule has 32 heavy (non-hydrogen) atoms. The zero-order valence-corrected chi connectivity index (χ0v) is 18.5. The molecule has 1 radical (unpaired) electrons. The first-order chi connectivity index (χ1) is 14.6. The number of benzene rings is 2. The second-order valence-electron chi connectivity index (χ2n) is 7.03. The van der Waals surface area contributed by atoms with Gasteiger partial charge in [0, 0.05) is 41.7 Å². The molecule has 2 aromatic carbocycles. The number of ether oxygens (including phenoxy) is 2. The van der Waals surface area contributed by atoms with E-state index in [9.17, 15) is 45.6 Å². The van der Waals surface area contributed by atoms with Crippen molar-refractivity contribution < 1.29 is 54.7 Å². The molecule has 0 amide bonds. The Bertz CT molecular complexity index is 1220. The van der Waals surface area contributed by atoms with E-state index in [0.29, 0.717) is 0 Å². The summed E-state index contributed by atoms with van der Waals surface area (Å²) < 4.78 is 15.9. The van der Waals surface area contributed by atoms with Crippen LogP contribution in [0, 0.1) is 0 Å². The van der Waals surface area contributed by atoms with Gasteiger partial charge in [0.15, 0.2) is 23.0 Å². The van der Waals surface area contributed by atoms with Crippen LogP contribution in [-0.4, -0.2) is 108 Å². The number of hydrogen-bond acceptors (Lipinski definition) is 12. The summed E-state index contributed by atoms with van der Waals surface area (Å²) in [5.41, 5.74) is -1.24. The standard InChI is InChI=1S/C19H18O12.Na/c20-4-11-14(25)16(27)17(28)19(30-11)31-18-8(23)3-10-12(15(18)26)13(24)5-1-6(21)7(22)2-9(5)29-10;/h1-3,11,14,16-17,19-23,25-28H,4H2;/t11-,14-,16+,17-,19+;/m1./s1. The summed E-state index contributed by atoms with van der Waals surface area (Å²) >= 11 is 0. The number of fused-ring (bicyclic) bond motifs is 2. The number of phenols is 4. The third-order valence-corrected chi connectivity index (χ3v) is 5.05. The van der Waals surface area contributed by atoms with Gasteiger partial charge in [0.25, 0.3) is 0 Å². The van der Waals surface area contributed by atoms with E-state index in [1.165, 1.54) is 0 Å². The first kappa shape index (κ1) is 24.4. The number of aliphatic hydroxyl groups is 4. The molecular weight excluding hydrogens is 443 g/mol. The van der Waals surface area contributed by atoms with Gasteiger partial charge in [0.05, 0.1) is 12.0 Å². The molecule has 0 aliphatic carbocycles. The van der Waals surface area contributed by atoms with Crippen molar-refractivity contribution in [1.82, 2.24) is 0 Å². The first-order valence-corrected chi connectivity index (χ1v) is 8.98. The van der Waals surface area contributed by atoms with E-state index in [1.807, 2.05) is 0 Å². The van der Waals surface area contributed by atoms with Gasteiger partial charge in [-0.15, -0.1) is 0 Å². The second-order valence-corrected chi connectivity index (χ2v) is 7.03. The predicted octanol–water partition coefficient (Wildman–Crippen LogP) is -1.43. The quantitative estimate of drug-likeness (QED) is 0.128. The average molecular weight is 461 g/mol. The van der Waals surface area contributed by atoms with E-state index in [0.717, 1.165) is 18.2 Å². The third kappa shape index (κ3) is 3.84. The van der Waals surface area contributed by atoms with Crippen molar-refractivity contribution in [3.63, 3.8) is 0 Å². The topological polar surface area (TPSA) is 211 Å². The summed E-state index contributed by atoms with van der Waals surface area (Å²) in [6.45, 7) is -0.730. The van der Waals surface area contributed by atoms with Crippen LogP contribution in [-0.2, 0) is 4.74 Å². The van der Waals surface area contributed by atoms with Crippen molar-refractivity contribution in [2.75, 3.05) is 6.61 Å². The summed E-state index contributed by atoms with van der Waals surface area (Å²) in [4.78, 5) is 12.8. The Balaban J connectivity index is 0.00000289. The van der Waals surface area contributed by atoms with Crippen LogP contribution in [0.15, 0.2) is 27.4 Å². The maximum atomic E-state index is 12.8. The van der Waals surface area contributed by atoms with Crippen LogP contribution in [0.2, 0.25) is 0 Å². The van der Waals surface area contributed by atoms with Gasteiger partial charge >= 0.3 is 0 Å². The van der Waals surface area contributed by atoms with Crippen molar-refractivity contribution in [2.45, 2.75) is 30.7 Å². The normalized spacial score (nSPS) is 25.6. The number of rotatable bonds is 3. The van der Waals surface area contributed by atoms with Gasteiger partial charge in [-0.25, -0.2) is 0 Å². The van der Waals surface area contributed by atoms with E-state index in [2.05, 4.69) is 0 Å². The first-order valence-electron chi connectivity index (χ1n) is 8.98. The predicted molar refractivity (Wildman–Crippen MR) is 107 cm³/mol. The average Bonchev–Trinajstić information content (AvgIpc) is 2.72. The number of aliphatic hydroxyl groups excluding tert-OH is 4. The van der Waals surface area contributed by atoms with Gasteiger partial charge in [-0.2, -0.15) is 0 Å². The second kappa shape index (κ2) is 8.92. The minimum absolute atomic E-state index is 0. The molecule has 2 heterocycles. The van der Waals surface area contributed by atoms with Crippen molar-refractivity contribution >= 4 is 51.5 Å². The number of phenolic OH excluding ortho intramolecular Hbond substituents is 4. The smallest absolute Gasteiger partial charge is 0.229 e. The van der Waals surface area contributed by atoms with E-state index < -0.39 is 76.9 Å². The molecule has 167 valence electrons. The maximum Gasteiger partial charge on any atom is 0.229 e. The Morgan fingerprint density at radius 1 is 0.875 bits per heavy atom. The van der Waals surface area contributed by atoms with E-state index in [4.69, 9.17) is 13.9 Å². The van der Waals surface area contributed by atoms with Gasteiger partial charge < -0.3 is 54.7 Å². The molecule has 1 aliphatic rings. The molecule has 1 aliphatic heterocycles. The maximum absolute atomic E-state index is 12.8. The Kier molecular flexibility index (Phi) is 6.79. The fourth-order valence-electron chi connectivity index (χ4n) is 3.38. The van der Waals surface area contributed by atoms with Crippen LogP contribution in [0.4, 0.5) is 0 Å². The van der Waals surface area contributed by atoms with Gasteiger partial charge in [-0.3, -0.25) is 4.79 Å². The molecule has 0 bridgehead atoms. The Morgan fingerprint density at radius 3 is 2.16 bits per heavy atom. The van der Waals surface area contributed by atoms with Crippen LogP contribution >= 0.6 is 0 Å². The molecule has 5 atom stereocenters. The molecule has 3 aromatic rings. The van der Waals surface area contributed by atoms with Crippen LogP contribution in [0.25, 0.3) is 21.9 Å². The van der Waals surface area contributed by atoms with Crippen LogP contribution in [0.5, 0.6) is 28.7 Å². The molecule has 4 rings (SSSR count). The van der Waals surface area contributed by atoms with Gasteiger partial charge in [0.2, 0.25) is 17.5 Å². The molecule has 1 aromatic heterocycles. The molecule has 0 saturated carbocycles. The largest absolute Gasteiger partial charge is 0.504 e. The summed E-state index contributed by atoms with van der Waals surface area (Å²) in [5, 5.41) is 78.5. The van der Waals surface area contributed by atoms with Crippen molar-refractivity contribution in [1.29, 1.82) is 0 Å².